The molecule has 0 bridgehead atoms. The highest BCUT2D eigenvalue weighted by Gasteiger charge is 2.27. The molecule has 0 saturated heterocycles. The third-order valence-electron chi connectivity index (χ3n) is 5.24. The number of amides is 1. The van der Waals surface area contributed by atoms with Crippen molar-refractivity contribution < 1.29 is 4.79 Å². The molecule has 2 rings (SSSR count). The van der Waals surface area contributed by atoms with Gasteiger partial charge in [-0.15, -0.1) is 0 Å². The van der Waals surface area contributed by atoms with E-state index in [4.69, 9.17) is 10.7 Å². The summed E-state index contributed by atoms with van der Waals surface area (Å²) in [5.74, 6) is 0.101. The lowest BCUT2D eigenvalue weighted by Gasteiger charge is -2.26. The van der Waals surface area contributed by atoms with Gasteiger partial charge in [0.1, 0.15) is 28.2 Å². The van der Waals surface area contributed by atoms with E-state index in [1.54, 1.807) is 0 Å². The zero-order valence-electron chi connectivity index (χ0n) is 19.1. The molecular weight excluding hydrogens is 418 g/mol. The SMILES string of the molecule is CCCCCN(CCC)c1nc(SC(C(N)=O)c2ccccc2)c(C#N)c(CC)c1C#N. The molecule has 1 aromatic carbocycles. The van der Waals surface area contributed by atoms with Gasteiger partial charge in [-0.25, -0.2) is 4.98 Å². The van der Waals surface area contributed by atoms with Crippen molar-refractivity contribution >= 4 is 23.5 Å². The Morgan fingerprint density at radius 2 is 1.75 bits per heavy atom. The maximum absolute atomic E-state index is 12.3. The van der Waals surface area contributed by atoms with E-state index in [0.717, 1.165) is 44.3 Å². The average molecular weight is 450 g/mol. The Morgan fingerprint density at radius 3 is 2.28 bits per heavy atom. The van der Waals surface area contributed by atoms with Crippen LogP contribution in [0.15, 0.2) is 35.4 Å². The number of nitrogens with two attached hydrogens (primary N) is 1. The average Bonchev–Trinajstić information content (AvgIpc) is 2.81. The van der Waals surface area contributed by atoms with Gasteiger partial charge in [0, 0.05) is 13.1 Å². The van der Waals surface area contributed by atoms with Gasteiger partial charge in [-0.05, 0) is 30.4 Å². The second kappa shape index (κ2) is 12.7. The van der Waals surface area contributed by atoms with Crippen molar-refractivity contribution in [3.8, 4) is 12.1 Å². The number of rotatable bonds is 12. The number of carbonyl (C=O) groups excluding carboxylic acids is 1. The Morgan fingerprint density at radius 1 is 1.06 bits per heavy atom. The number of anilines is 1. The largest absolute Gasteiger partial charge is 0.368 e. The van der Waals surface area contributed by atoms with Crippen molar-refractivity contribution in [2.45, 2.75) is 63.2 Å². The summed E-state index contributed by atoms with van der Waals surface area (Å²) in [4.78, 5) is 19.2. The zero-order chi connectivity index (χ0) is 23.5. The fraction of sp³-hybridized carbons (Fsp3) is 0.440. The number of carbonyl (C=O) groups is 1. The van der Waals surface area contributed by atoms with E-state index in [2.05, 4.69) is 30.9 Å². The third kappa shape index (κ3) is 6.02. The van der Waals surface area contributed by atoms with Crippen LogP contribution in [-0.2, 0) is 11.2 Å². The van der Waals surface area contributed by atoms with Crippen LogP contribution in [0.4, 0.5) is 5.82 Å². The van der Waals surface area contributed by atoms with Crippen LogP contribution in [-0.4, -0.2) is 24.0 Å². The second-order valence-electron chi connectivity index (χ2n) is 7.55. The monoisotopic (exact) mass is 449 g/mol. The third-order valence-corrected chi connectivity index (χ3v) is 6.50. The zero-order valence-corrected chi connectivity index (χ0v) is 19.9. The van der Waals surface area contributed by atoms with Crippen molar-refractivity contribution in [1.82, 2.24) is 4.98 Å². The highest BCUT2D eigenvalue weighted by molar-refractivity contribution is 8.00. The Hall–Kier alpha value is -3.03. The molecule has 1 amide bonds. The molecule has 2 N–H and O–H groups in total. The van der Waals surface area contributed by atoms with E-state index in [1.165, 1.54) is 11.8 Å². The van der Waals surface area contributed by atoms with Crippen LogP contribution in [0.1, 0.15) is 74.0 Å². The van der Waals surface area contributed by atoms with Gasteiger partial charge in [0.25, 0.3) is 0 Å². The van der Waals surface area contributed by atoms with Crippen molar-refractivity contribution in [1.29, 1.82) is 10.5 Å². The molecule has 6 nitrogen and oxygen atoms in total. The minimum Gasteiger partial charge on any atom is -0.368 e. The first-order valence-corrected chi connectivity index (χ1v) is 12.0. The van der Waals surface area contributed by atoms with Crippen LogP contribution in [0.25, 0.3) is 0 Å². The lowest BCUT2D eigenvalue weighted by Crippen LogP contribution is -2.28. The number of benzene rings is 1. The molecule has 1 aromatic heterocycles. The van der Waals surface area contributed by atoms with Gasteiger partial charge in [-0.2, -0.15) is 10.5 Å². The van der Waals surface area contributed by atoms with Crippen molar-refractivity contribution in [2.75, 3.05) is 18.0 Å². The summed E-state index contributed by atoms with van der Waals surface area (Å²) in [5, 5.41) is 19.7. The molecule has 1 atom stereocenters. The molecule has 0 spiro atoms. The smallest absolute Gasteiger partial charge is 0.235 e. The quantitative estimate of drug-likeness (QED) is 0.356. The summed E-state index contributed by atoms with van der Waals surface area (Å²) >= 11 is 1.18. The fourth-order valence-corrected chi connectivity index (χ4v) is 4.73. The highest BCUT2D eigenvalue weighted by atomic mass is 32.2. The number of hydrogen-bond acceptors (Lipinski definition) is 6. The summed E-state index contributed by atoms with van der Waals surface area (Å²) in [6.45, 7) is 7.74. The lowest BCUT2D eigenvalue weighted by atomic mass is 10.0. The molecule has 32 heavy (non-hydrogen) atoms. The van der Waals surface area contributed by atoms with Crippen LogP contribution in [0.3, 0.4) is 0 Å². The molecule has 0 aliphatic rings. The van der Waals surface area contributed by atoms with E-state index >= 15 is 0 Å². The summed E-state index contributed by atoms with van der Waals surface area (Å²) in [5.41, 5.74) is 7.97. The summed E-state index contributed by atoms with van der Waals surface area (Å²) in [7, 11) is 0. The number of nitrogens with zero attached hydrogens (tertiary/aromatic N) is 4. The van der Waals surface area contributed by atoms with Gasteiger partial charge in [0.2, 0.25) is 5.91 Å². The minimum atomic E-state index is -0.680. The Labute approximate surface area is 195 Å². The molecule has 0 aliphatic carbocycles. The predicted octanol–water partition coefficient (Wildman–Crippen LogP) is 5.11. The number of aromatic nitrogens is 1. The number of primary amides is 1. The van der Waals surface area contributed by atoms with Gasteiger partial charge in [0.15, 0.2) is 0 Å². The van der Waals surface area contributed by atoms with E-state index in [1.807, 2.05) is 37.3 Å². The Balaban J connectivity index is 2.63. The molecule has 1 unspecified atom stereocenters. The van der Waals surface area contributed by atoms with Gasteiger partial charge >= 0.3 is 0 Å². The lowest BCUT2D eigenvalue weighted by molar-refractivity contribution is -0.117. The molecule has 168 valence electrons. The first-order chi connectivity index (χ1) is 15.5. The molecule has 0 aliphatic heterocycles. The number of unbranched alkanes of at least 4 members (excludes halogenated alkanes) is 2. The van der Waals surface area contributed by atoms with E-state index in [0.29, 0.717) is 34.0 Å². The Bertz CT molecular complexity index is 994. The normalized spacial score (nSPS) is 11.4. The minimum absolute atomic E-state index is 0.352. The summed E-state index contributed by atoms with van der Waals surface area (Å²) in [6.07, 6.45) is 4.64. The van der Waals surface area contributed by atoms with E-state index < -0.39 is 11.2 Å². The summed E-state index contributed by atoms with van der Waals surface area (Å²) < 4.78 is 0. The first-order valence-electron chi connectivity index (χ1n) is 11.1. The molecule has 0 radical (unpaired) electrons. The number of pyridine rings is 1. The van der Waals surface area contributed by atoms with Crippen LogP contribution >= 0.6 is 11.8 Å². The first kappa shape index (κ1) is 25.2. The molecular formula is C25H31N5OS. The highest BCUT2D eigenvalue weighted by Crippen LogP contribution is 2.39. The maximum Gasteiger partial charge on any atom is 0.235 e. The number of nitriles is 2. The van der Waals surface area contributed by atoms with Crippen molar-refractivity contribution in [3.05, 3.63) is 52.6 Å². The number of hydrogen-bond donors (Lipinski definition) is 1. The molecule has 0 saturated carbocycles. The van der Waals surface area contributed by atoms with E-state index in [-0.39, 0.29) is 0 Å². The van der Waals surface area contributed by atoms with Crippen molar-refractivity contribution in [3.63, 3.8) is 0 Å². The van der Waals surface area contributed by atoms with Crippen molar-refractivity contribution in [2.24, 2.45) is 5.73 Å². The standard InChI is InChI=1S/C25H31N5OS/c1-4-7-11-15-30(14-5-2)24-20(16-26)19(6-3)21(17-27)25(29-24)32-22(23(28)31)18-12-9-8-10-13-18/h8-10,12-13,22H,4-7,11,14-15H2,1-3H3,(H2,28,31). The number of thioether (sulfide) groups is 1. The maximum atomic E-state index is 12.3. The summed E-state index contributed by atoms with van der Waals surface area (Å²) in [6, 6.07) is 13.8. The van der Waals surface area contributed by atoms with Crippen LogP contribution in [0.2, 0.25) is 0 Å². The Kier molecular flexibility index (Phi) is 10.0. The topological polar surface area (TPSA) is 107 Å². The predicted molar refractivity (Wildman–Crippen MR) is 129 cm³/mol. The fourth-order valence-electron chi connectivity index (χ4n) is 3.67. The molecule has 0 fully saturated rings. The van der Waals surface area contributed by atoms with Gasteiger partial charge in [0.05, 0.1) is 11.1 Å². The van der Waals surface area contributed by atoms with Gasteiger partial charge in [-0.3, -0.25) is 4.79 Å². The molecule has 7 heteroatoms. The second-order valence-corrected chi connectivity index (χ2v) is 8.65. The van der Waals surface area contributed by atoms with Crippen LogP contribution in [0, 0.1) is 22.7 Å². The van der Waals surface area contributed by atoms with Gasteiger partial charge < -0.3 is 10.6 Å². The molecule has 2 aromatic rings. The van der Waals surface area contributed by atoms with Crippen LogP contribution in [0.5, 0.6) is 0 Å². The van der Waals surface area contributed by atoms with Crippen LogP contribution < -0.4 is 10.6 Å². The van der Waals surface area contributed by atoms with Gasteiger partial charge in [-0.1, -0.05) is 75.7 Å². The van der Waals surface area contributed by atoms with E-state index in [9.17, 15) is 15.3 Å². The molecule has 1 heterocycles.